The van der Waals surface area contributed by atoms with Crippen LogP contribution in [0.3, 0.4) is 0 Å². The molecule has 0 saturated carbocycles. The first-order chi connectivity index (χ1) is 24.6. The topological polar surface area (TPSA) is 8.17 Å². The van der Waals surface area contributed by atoms with Gasteiger partial charge in [-0.25, -0.2) is 0 Å². The second-order valence-corrected chi connectivity index (χ2v) is 12.5. The van der Waals surface area contributed by atoms with Crippen molar-refractivity contribution >= 4 is 54.8 Å². The van der Waals surface area contributed by atoms with Gasteiger partial charge in [-0.05, 0) is 95.9 Å². The lowest BCUT2D eigenvalue weighted by molar-refractivity contribution is 1.18. The lowest BCUT2D eigenvalue weighted by atomic mass is 10.0. The van der Waals surface area contributed by atoms with Crippen LogP contribution in [0, 0.1) is 0 Å². The van der Waals surface area contributed by atoms with Crippen LogP contribution in [-0.4, -0.2) is 4.57 Å². The standard InChI is InChI=1S/C42H29BrN2.C3H6.C2H6/c43-34-26-33(28-38(29-34)45-41-20-9-7-18-39(41)40-19-8-10-21-42(40)45)31-22-24-36(25-23-31)44(35-15-5-2-6-16-35)37-17-11-14-32(27-37)30-12-3-1-4-13-30;1-3-2;1-2/h1-29H;3H,1H2,2H3;1-2H3. The summed E-state index contributed by atoms with van der Waals surface area (Å²) < 4.78 is 3.41. The Kier molecular flexibility index (Phi) is 11.1. The Balaban J connectivity index is 0.000000822. The van der Waals surface area contributed by atoms with E-state index in [0.29, 0.717) is 0 Å². The summed E-state index contributed by atoms with van der Waals surface area (Å²) >= 11 is 3.83. The zero-order chi connectivity index (χ0) is 34.9. The highest BCUT2D eigenvalue weighted by Crippen LogP contribution is 2.39. The van der Waals surface area contributed by atoms with Crippen LogP contribution < -0.4 is 4.90 Å². The number of hydrogen-bond acceptors (Lipinski definition) is 1. The van der Waals surface area contributed by atoms with Crippen LogP contribution in [0.5, 0.6) is 0 Å². The van der Waals surface area contributed by atoms with Crippen molar-refractivity contribution in [2.24, 2.45) is 0 Å². The number of para-hydroxylation sites is 3. The first kappa shape index (κ1) is 34.2. The quantitative estimate of drug-likeness (QED) is 0.156. The number of halogens is 1. The number of hydrogen-bond donors (Lipinski definition) is 0. The summed E-state index contributed by atoms with van der Waals surface area (Å²) in [5, 5.41) is 2.52. The van der Waals surface area contributed by atoms with Gasteiger partial charge in [0.15, 0.2) is 0 Å². The van der Waals surface area contributed by atoms with Crippen molar-refractivity contribution in [1.29, 1.82) is 0 Å². The molecule has 0 bridgehead atoms. The maximum atomic E-state index is 3.83. The Morgan fingerprint density at radius 2 is 0.960 bits per heavy atom. The summed E-state index contributed by atoms with van der Waals surface area (Å²) in [6.45, 7) is 9.25. The fraction of sp³-hybridized carbons (Fsp3) is 0.0638. The summed E-state index contributed by atoms with van der Waals surface area (Å²) in [5.41, 5.74) is 11.6. The van der Waals surface area contributed by atoms with E-state index in [4.69, 9.17) is 0 Å². The third-order valence-electron chi connectivity index (χ3n) is 8.41. The average Bonchev–Trinajstić information content (AvgIpc) is 3.52. The summed E-state index contributed by atoms with van der Waals surface area (Å²) in [7, 11) is 0. The van der Waals surface area contributed by atoms with Crippen LogP contribution in [0.25, 0.3) is 49.7 Å². The van der Waals surface area contributed by atoms with Gasteiger partial charge in [0.2, 0.25) is 0 Å². The molecule has 0 radical (unpaired) electrons. The monoisotopic (exact) mass is 712 g/mol. The fourth-order valence-corrected chi connectivity index (χ4v) is 6.83. The number of anilines is 3. The first-order valence-corrected chi connectivity index (χ1v) is 17.9. The van der Waals surface area contributed by atoms with Gasteiger partial charge in [-0.2, -0.15) is 0 Å². The molecule has 0 fully saturated rings. The molecule has 0 aliphatic carbocycles. The van der Waals surface area contributed by atoms with Crippen molar-refractivity contribution in [2.45, 2.75) is 20.8 Å². The highest BCUT2D eigenvalue weighted by Gasteiger charge is 2.15. The van der Waals surface area contributed by atoms with Gasteiger partial charge in [-0.1, -0.05) is 145 Å². The molecule has 0 saturated heterocycles. The zero-order valence-electron chi connectivity index (χ0n) is 28.8. The molecule has 0 aliphatic rings. The molecular weight excluding hydrogens is 672 g/mol. The zero-order valence-corrected chi connectivity index (χ0v) is 30.4. The number of fused-ring (bicyclic) bond motifs is 3. The minimum absolute atomic E-state index is 1.05. The molecule has 0 aliphatic heterocycles. The van der Waals surface area contributed by atoms with Crippen molar-refractivity contribution in [1.82, 2.24) is 4.57 Å². The first-order valence-electron chi connectivity index (χ1n) is 17.1. The van der Waals surface area contributed by atoms with Gasteiger partial charge in [-0.15, -0.1) is 6.58 Å². The lowest BCUT2D eigenvalue weighted by Crippen LogP contribution is -2.09. The summed E-state index contributed by atoms with van der Waals surface area (Å²) in [5.74, 6) is 0. The fourth-order valence-electron chi connectivity index (χ4n) is 6.35. The summed E-state index contributed by atoms with van der Waals surface area (Å²) in [6.07, 6.45) is 1.75. The van der Waals surface area contributed by atoms with Gasteiger partial charge in [0.25, 0.3) is 0 Å². The molecule has 0 N–H and O–H groups in total. The van der Waals surface area contributed by atoms with Crippen LogP contribution >= 0.6 is 15.9 Å². The molecule has 1 aromatic heterocycles. The van der Waals surface area contributed by atoms with Gasteiger partial charge in [0, 0.05) is 38.0 Å². The van der Waals surface area contributed by atoms with Gasteiger partial charge in [-0.3, -0.25) is 0 Å². The summed E-state index contributed by atoms with van der Waals surface area (Å²) in [4.78, 5) is 2.32. The van der Waals surface area contributed by atoms with E-state index in [2.05, 4.69) is 208 Å². The SMILES string of the molecule is Brc1cc(-c2ccc(N(c3ccccc3)c3cccc(-c4ccccc4)c3)cc2)cc(-n2c3ccccc3c3ccccc32)c1.C=CC.CC. The Morgan fingerprint density at radius 1 is 0.480 bits per heavy atom. The molecule has 1 heterocycles. The molecule has 8 rings (SSSR count). The number of nitrogens with zero attached hydrogens (tertiary/aromatic N) is 2. The van der Waals surface area contributed by atoms with E-state index in [1.165, 1.54) is 32.9 Å². The largest absolute Gasteiger partial charge is 0.310 e. The van der Waals surface area contributed by atoms with Gasteiger partial charge in [0.05, 0.1) is 11.0 Å². The second kappa shape index (κ2) is 16.2. The molecular formula is C47H41BrN2. The van der Waals surface area contributed by atoms with Gasteiger partial charge in [0.1, 0.15) is 0 Å². The van der Waals surface area contributed by atoms with Gasteiger partial charge >= 0.3 is 0 Å². The second-order valence-electron chi connectivity index (χ2n) is 11.6. The van der Waals surface area contributed by atoms with E-state index in [9.17, 15) is 0 Å². The van der Waals surface area contributed by atoms with Crippen LogP contribution in [0.15, 0.2) is 193 Å². The Bertz CT molecular complexity index is 2270. The maximum Gasteiger partial charge on any atom is 0.0541 e. The molecule has 0 unspecified atom stereocenters. The van der Waals surface area contributed by atoms with Crippen molar-refractivity contribution in [3.63, 3.8) is 0 Å². The third kappa shape index (κ3) is 7.19. The molecule has 0 spiro atoms. The molecule has 3 heteroatoms. The van der Waals surface area contributed by atoms with Crippen LogP contribution in [0.2, 0.25) is 0 Å². The smallest absolute Gasteiger partial charge is 0.0541 e. The highest BCUT2D eigenvalue weighted by atomic mass is 79.9. The molecule has 7 aromatic carbocycles. The van der Waals surface area contributed by atoms with Gasteiger partial charge < -0.3 is 9.47 Å². The molecule has 246 valence electrons. The van der Waals surface area contributed by atoms with Crippen LogP contribution in [-0.2, 0) is 0 Å². The van der Waals surface area contributed by atoms with E-state index in [0.717, 1.165) is 38.3 Å². The van der Waals surface area contributed by atoms with E-state index in [-0.39, 0.29) is 0 Å². The maximum absolute atomic E-state index is 3.83. The van der Waals surface area contributed by atoms with Crippen LogP contribution in [0.1, 0.15) is 20.8 Å². The molecule has 8 aromatic rings. The van der Waals surface area contributed by atoms with Crippen molar-refractivity contribution in [2.75, 3.05) is 4.90 Å². The van der Waals surface area contributed by atoms with E-state index in [1.807, 2.05) is 20.8 Å². The minimum Gasteiger partial charge on any atom is -0.310 e. The lowest BCUT2D eigenvalue weighted by Gasteiger charge is -2.26. The Hall–Kier alpha value is -5.64. The number of allylic oxidation sites excluding steroid dienone is 1. The van der Waals surface area contributed by atoms with E-state index < -0.39 is 0 Å². The van der Waals surface area contributed by atoms with Crippen LogP contribution in [0.4, 0.5) is 17.1 Å². The van der Waals surface area contributed by atoms with E-state index >= 15 is 0 Å². The predicted molar refractivity (Wildman–Crippen MR) is 221 cm³/mol. The Labute approximate surface area is 304 Å². The molecule has 50 heavy (non-hydrogen) atoms. The predicted octanol–water partition coefficient (Wildman–Crippen LogP) is 14.6. The normalized spacial score (nSPS) is 10.5. The van der Waals surface area contributed by atoms with Crippen molar-refractivity contribution in [3.8, 4) is 27.9 Å². The van der Waals surface area contributed by atoms with Crippen molar-refractivity contribution < 1.29 is 0 Å². The minimum atomic E-state index is 1.05. The summed E-state index contributed by atoms with van der Waals surface area (Å²) in [6, 6.07) is 62.7. The molecule has 0 amide bonds. The van der Waals surface area contributed by atoms with E-state index in [1.54, 1.807) is 6.08 Å². The molecule has 2 nitrogen and oxygen atoms in total. The number of aromatic nitrogens is 1. The highest BCUT2D eigenvalue weighted by molar-refractivity contribution is 9.10. The molecule has 0 atom stereocenters. The third-order valence-corrected chi connectivity index (χ3v) is 8.86. The van der Waals surface area contributed by atoms with Crippen molar-refractivity contribution in [3.05, 3.63) is 193 Å². The Morgan fingerprint density at radius 3 is 1.58 bits per heavy atom. The number of rotatable bonds is 6. The average molecular weight is 714 g/mol. The number of benzene rings is 7.